The zero-order valence-electron chi connectivity index (χ0n) is 14.1. The van der Waals surface area contributed by atoms with Crippen LogP contribution in [0.5, 0.6) is 0 Å². The van der Waals surface area contributed by atoms with Crippen molar-refractivity contribution in [2.45, 2.75) is 44.7 Å². The van der Waals surface area contributed by atoms with Gasteiger partial charge in [0.1, 0.15) is 5.82 Å². The lowest BCUT2D eigenvalue weighted by Crippen LogP contribution is -2.39. The van der Waals surface area contributed by atoms with Gasteiger partial charge < -0.3 is 20.3 Å². The molecular weight excluding hydrogens is 318 g/mol. The number of urea groups is 1. The second-order valence-electron chi connectivity index (χ2n) is 6.83. The molecule has 1 unspecified atom stereocenters. The van der Waals surface area contributed by atoms with Crippen LogP contribution in [0.2, 0.25) is 0 Å². The number of aliphatic hydroxyl groups is 1. The summed E-state index contributed by atoms with van der Waals surface area (Å²) in [6.45, 7) is 1.04. The molecule has 1 aromatic carbocycles. The molecule has 0 saturated heterocycles. The molecule has 7 heteroatoms. The number of carbonyl (C=O) groups excluding carboxylic acids is 1. The van der Waals surface area contributed by atoms with Crippen molar-refractivity contribution in [2.24, 2.45) is 5.92 Å². The van der Waals surface area contributed by atoms with Gasteiger partial charge in [-0.1, -0.05) is 12.1 Å². The predicted molar refractivity (Wildman–Crippen MR) is 94.1 cm³/mol. The van der Waals surface area contributed by atoms with Gasteiger partial charge in [0.05, 0.1) is 0 Å². The Balaban J connectivity index is 1.45. The first kappa shape index (κ1) is 16.1. The highest BCUT2D eigenvalue weighted by molar-refractivity contribution is 5.90. The summed E-state index contributed by atoms with van der Waals surface area (Å²) in [5.41, 5.74) is 1.68. The molecule has 132 valence electrons. The van der Waals surface area contributed by atoms with Gasteiger partial charge in [0, 0.05) is 36.9 Å². The Kier molecular flexibility index (Phi) is 4.40. The third-order valence-electron chi connectivity index (χ3n) is 4.94. The maximum atomic E-state index is 12.3. The Morgan fingerprint density at radius 3 is 3.04 bits per heavy atom. The first-order valence-electron chi connectivity index (χ1n) is 8.95. The number of aliphatic hydroxyl groups excluding tert-OH is 1. The van der Waals surface area contributed by atoms with Crippen LogP contribution in [0.15, 0.2) is 24.3 Å². The van der Waals surface area contributed by atoms with Crippen LogP contribution >= 0.6 is 0 Å². The van der Waals surface area contributed by atoms with Gasteiger partial charge in [-0.05, 0) is 43.7 Å². The Morgan fingerprint density at radius 1 is 1.36 bits per heavy atom. The number of rotatable bonds is 6. The molecule has 2 heterocycles. The minimum Gasteiger partial charge on any atom is -0.396 e. The zero-order chi connectivity index (χ0) is 17.2. The van der Waals surface area contributed by atoms with E-state index in [9.17, 15) is 4.79 Å². The van der Waals surface area contributed by atoms with Crippen molar-refractivity contribution in [3.8, 4) is 11.4 Å². The summed E-state index contributed by atoms with van der Waals surface area (Å²) in [4.78, 5) is 12.3. The molecule has 7 nitrogen and oxygen atoms in total. The summed E-state index contributed by atoms with van der Waals surface area (Å²) < 4.78 is 2.14. The molecule has 2 aliphatic rings. The van der Waals surface area contributed by atoms with Crippen molar-refractivity contribution in [1.29, 1.82) is 0 Å². The maximum absolute atomic E-state index is 12.3. The van der Waals surface area contributed by atoms with Gasteiger partial charge in [0.25, 0.3) is 0 Å². The van der Waals surface area contributed by atoms with Gasteiger partial charge in [-0.3, -0.25) is 0 Å². The van der Waals surface area contributed by atoms with Gasteiger partial charge >= 0.3 is 6.03 Å². The van der Waals surface area contributed by atoms with Crippen LogP contribution in [0, 0.1) is 5.92 Å². The van der Waals surface area contributed by atoms with Gasteiger partial charge in [-0.2, -0.15) is 0 Å². The summed E-state index contributed by atoms with van der Waals surface area (Å²) in [5.74, 6) is 2.39. The predicted octanol–water partition coefficient (Wildman–Crippen LogP) is 2.17. The van der Waals surface area contributed by atoms with Crippen LogP contribution in [0.25, 0.3) is 11.4 Å². The third kappa shape index (κ3) is 3.51. The molecule has 1 saturated carbocycles. The van der Waals surface area contributed by atoms with E-state index in [1.807, 2.05) is 24.3 Å². The number of anilines is 1. The van der Waals surface area contributed by atoms with Crippen molar-refractivity contribution in [3.05, 3.63) is 30.1 Å². The lowest BCUT2D eigenvalue weighted by molar-refractivity contribution is 0.234. The first-order chi connectivity index (χ1) is 12.2. The van der Waals surface area contributed by atoms with E-state index in [0.29, 0.717) is 12.3 Å². The highest BCUT2D eigenvalue weighted by atomic mass is 16.3. The van der Waals surface area contributed by atoms with Gasteiger partial charge in [0.15, 0.2) is 5.82 Å². The monoisotopic (exact) mass is 341 g/mol. The minimum atomic E-state index is -0.228. The number of hydrogen-bond acceptors (Lipinski definition) is 4. The quantitative estimate of drug-likeness (QED) is 0.751. The van der Waals surface area contributed by atoms with Crippen LogP contribution < -0.4 is 10.6 Å². The molecular formula is C18H23N5O2. The standard InChI is InChI=1S/C18H23N5O2/c24-10-8-15(12-6-7-12)20-18(25)19-14-4-1-3-13(11-14)17-22-21-16-5-2-9-23(16)17/h1,3-4,11-12,15,24H,2,5-10H2,(H2,19,20,25). The van der Waals surface area contributed by atoms with Gasteiger partial charge in [0.2, 0.25) is 0 Å². The molecule has 1 aliphatic carbocycles. The van der Waals surface area contributed by atoms with Gasteiger partial charge in [-0.15, -0.1) is 10.2 Å². The Hall–Kier alpha value is -2.41. The minimum absolute atomic E-state index is 0.0490. The molecule has 1 aromatic heterocycles. The molecule has 1 fully saturated rings. The highest BCUT2D eigenvalue weighted by Crippen LogP contribution is 2.34. The van der Waals surface area contributed by atoms with Crippen molar-refractivity contribution in [1.82, 2.24) is 20.1 Å². The number of carbonyl (C=O) groups is 1. The van der Waals surface area contributed by atoms with Crippen LogP contribution in [-0.4, -0.2) is 38.6 Å². The lowest BCUT2D eigenvalue weighted by Gasteiger charge is -2.17. The number of hydrogen-bond donors (Lipinski definition) is 3. The fraction of sp³-hybridized carbons (Fsp3) is 0.500. The van der Waals surface area contributed by atoms with Crippen molar-refractivity contribution >= 4 is 11.7 Å². The smallest absolute Gasteiger partial charge is 0.319 e. The second kappa shape index (κ2) is 6.84. The van der Waals surface area contributed by atoms with E-state index in [-0.39, 0.29) is 18.7 Å². The fourth-order valence-electron chi connectivity index (χ4n) is 3.50. The number of benzene rings is 1. The molecule has 3 N–H and O–H groups in total. The number of nitrogens with one attached hydrogen (secondary N) is 2. The number of aryl methyl sites for hydroxylation is 1. The summed E-state index contributed by atoms with van der Waals surface area (Å²) in [7, 11) is 0. The number of fused-ring (bicyclic) bond motifs is 1. The lowest BCUT2D eigenvalue weighted by atomic mass is 10.1. The Labute approximate surface area is 146 Å². The van der Waals surface area contributed by atoms with E-state index in [0.717, 1.165) is 55.1 Å². The molecule has 2 amide bonds. The van der Waals surface area contributed by atoms with Crippen LogP contribution in [0.3, 0.4) is 0 Å². The molecule has 1 atom stereocenters. The van der Waals surface area contributed by atoms with E-state index in [1.54, 1.807) is 0 Å². The molecule has 25 heavy (non-hydrogen) atoms. The van der Waals surface area contributed by atoms with E-state index < -0.39 is 0 Å². The second-order valence-corrected chi connectivity index (χ2v) is 6.83. The number of amides is 2. The van der Waals surface area contributed by atoms with E-state index in [2.05, 4.69) is 25.4 Å². The fourth-order valence-corrected chi connectivity index (χ4v) is 3.50. The van der Waals surface area contributed by atoms with Crippen LogP contribution in [0.4, 0.5) is 10.5 Å². The summed E-state index contributed by atoms with van der Waals surface area (Å²) >= 11 is 0. The average Bonchev–Trinajstić information content (AvgIpc) is 3.20. The SMILES string of the molecule is O=C(Nc1cccc(-c2nnc3n2CCC3)c1)NC(CCO)C1CC1. The molecule has 4 rings (SSSR count). The topological polar surface area (TPSA) is 92.1 Å². The molecule has 0 spiro atoms. The highest BCUT2D eigenvalue weighted by Gasteiger charge is 2.31. The number of nitrogens with zero attached hydrogens (tertiary/aromatic N) is 3. The molecule has 2 aromatic rings. The van der Waals surface area contributed by atoms with Crippen molar-refractivity contribution in [3.63, 3.8) is 0 Å². The van der Waals surface area contributed by atoms with Crippen molar-refractivity contribution in [2.75, 3.05) is 11.9 Å². The first-order valence-corrected chi connectivity index (χ1v) is 8.95. The van der Waals surface area contributed by atoms with Crippen LogP contribution in [-0.2, 0) is 13.0 Å². The van der Waals surface area contributed by atoms with E-state index in [1.165, 1.54) is 0 Å². The summed E-state index contributed by atoms with van der Waals surface area (Å²) in [6, 6.07) is 7.50. The summed E-state index contributed by atoms with van der Waals surface area (Å²) in [5, 5.41) is 23.6. The average molecular weight is 341 g/mol. The largest absolute Gasteiger partial charge is 0.396 e. The molecule has 0 bridgehead atoms. The van der Waals surface area contributed by atoms with Crippen LogP contribution in [0.1, 0.15) is 31.5 Å². The van der Waals surface area contributed by atoms with Gasteiger partial charge in [-0.25, -0.2) is 4.79 Å². The maximum Gasteiger partial charge on any atom is 0.319 e. The molecule has 0 radical (unpaired) electrons. The normalized spacial score (nSPS) is 17.2. The Bertz CT molecular complexity index is 769. The van der Waals surface area contributed by atoms with Crippen molar-refractivity contribution < 1.29 is 9.90 Å². The summed E-state index contributed by atoms with van der Waals surface area (Å²) in [6.07, 6.45) is 4.92. The Morgan fingerprint density at radius 2 is 2.24 bits per heavy atom. The third-order valence-corrected chi connectivity index (χ3v) is 4.94. The number of aromatic nitrogens is 3. The van der Waals surface area contributed by atoms with E-state index >= 15 is 0 Å². The molecule has 1 aliphatic heterocycles. The van der Waals surface area contributed by atoms with E-state index in [4.69, 9.17) is 5.11 Å². The zero-order valence-corrected chi connectivity index (χ0v) is 14.1.